The molecule has 1 amide bonds. The molecule has 0 saturated carbocycles. The molecule has 0 bridgehead atoms. The molecule has 2 N–H and O–H groups in total. The Bertz CT molecular complexity index is 919. The first-order valence-electron chi connectivity index (χ1n) is 7.49. The number of rotatable bonds is 5. The standard InChI is InChI=1S/C17H12Cl3N3O3/c18-11-3-1-9(2-4-11)5-6-21-16(25)17-22-15(23-26-17)10-7-12(19)14(24)13(20)8-10/h1-4,7-8,24H,5-6H2,(H,21,25). The topological polar surface area (TPSA) is 88.2 Å². The fraction of sp³-hybridized carbons (Fsp3) is 0.118. The third kappa shape index (κ3) is 4.27. The summed E-state index contributed by atoms with van der Waals surface area (Å²) in [6, 6.07) is 10.2. The van der Waals surface area contributed by atoms with Crippen LogP contribution in [0.25, 0.3) is 11.4 Å². The van der Waals surface area contributed by atoms with Crippen LogP contribution in [0.3, 0.4) is 0 Å². The van der Waals surface area contributed by atoms with Gasteiger partial charge in [0.1, 0.15) is 0 Å². The Balaban J connectivity index is 1.63. The van der Waals surface area contributed by atoms with Crippen molar-refractivity contribution >= 4 is 40.7 Å². The first-order chi connectivity index (χ1) is 12.4. The second kappa shape index (κ2) is 7.95. The number of aromatic nitrogens is 2. The third-order valence-electron chi connectivity index (χ3n) is 3.51. The van der Waals surface area contributed by atoms with Crippen molar-refractivity contribution in [1.82, 2.24) is 15.5 Å². The quantitative estimate of drug-likeness (QED) is 0.649. The SMILES string of the molecule is O=C(NCCc1ccc(Cl)cc1)c1nc(-c2cc(Cl)c(O)c(Cl)c2)no1. The predicted molar refractivity (Wildman–Crippen MR) is 98.9 cm³/mol. The fourth-order valence-electron chi connectivity index (χ4n) is 2.17. The average molecular weight is 413 g/mol. The van der Waals surface area contributed by atoms with Crippen molar-refractivity contribution in [2.24, 2.45) is 0 Å². The average Bonchev–Trinajstić information content (AvgIpc) is 3.11. The predicted octanol–water partition coefficient (Wildman–Crippen LogP) is 4.37. The molecule has 0 aliphatic rings. The monoisotopic (exact) mass is 411 g/mol. The first kappa shape index (κ1) is 18.5. The van der Waals surface area contributed by atoms with E-state index in [0.29, 0.717) is 23.6 Å². The van der Waals surface area contributed by atoms with Gasteiger partial charge in [-0.25, -0.2) is 0 Å². The Morgan fingerprint density at radius 2 is 1.77 bits per heavy atom. The summed E-state index contributed by atoms with van der Waals surface area (Å²) in [4.78, 5) is 16.1. The molecule has 0 unspecified atom stereocenters. The van der Waals surface area contributed by atoms with Crippen LogP contribution in [-0.2, 0) is 6.42 Å². The maximum absolute atomic E-state index is 12.1. The van der Waals surface area contributed by atoms with Crippen molar-refractivity contribution in [3.8, 4) is 17.1 Å². The van der Waals surface area contributed by atoms with Crippen molar-refractivity contribution in [2.75, 3.05) is 6.54 Å². The maximum atomic E-state index is 12.1. The van der Waals surface area contributed by atoms with E-state index < -0.39 is 5.91 Å². The lowest BCUT2D eigenvalue weighted by Crippen LogP contribution is -2.25. The molecule has 1 heterocycles. The Kier molecular flexibility index (Phi) is 5.66. The molecule has 0 aliphatic heterocycles. The molecule has 0 atom stereocenters. The number of phenolic OH excluding ortho intramolecular Hbond substituents is 1. The van der Waals surface area contributed by atoms with Crippen molar-refractivity contribution < 1.29 is 14.4 Å². The molecule has 26 heavy (non-hydrogen) atoms. The number of carbonyl (C=O) groups excluding carboxylic acids is 1. The highest BCUT2D eigenvalue weighted by Crippen LogP contribution is 2.35. The highest BCUT2D eigenvalue weighted by Gasteiger charge is 2.17. The van der Waals surface area contributed by atoms with Gasteiger partial charge in [-0.3, -0.25) is 4.79 Å². The van der Waals surface area contributed by atoms with Gasteiger partial charge in [-0.2, -0.15) is 4.98 Å². The maximum Gasteiger partial charge on any atom is 0.316 e. The number of nitrogens with zero attached hydrogens (tertiary/aromatic N) is 2. The van der Waals surface area contributed by atoms with Crippen LogP contribution in [0.4, 0.5) is 0 Å². The number of nitrogens with one attached hydrogen (secondary N) is 1. The van der Waals surface area contributed by atoms with Gasteiger partial charge in [0.05, 0.1) is 10.0 Å². The summed E-state index contributed by atoms with van der Waals surface area (Å²) < 4.78 is 4.97. The smallest absolute Gasteiger partial charge is 0.316 e. The van der Waals surface area contributed by atoms with Crippen molar-refractivity contribution in [3.63, 3.8) is 0 Å². The molecule has 0 spiro atoms. The summed E-state index contributed by atoms with van der Waals surface area (Å²) in [5.41, 5.74) is 1.45. The van der Waals surface area contributed by atoms with Crippen molar-refractivity contribution in [2.45, 2.75) is 6.42 Å². The van der Waals surface area contributed by atoms with Gasteiger partial charge in [0.25, 0.3) is 0 Å². The molecule has 3 rings (SSSR count). The number of hydrogen-bond donors (Lipinski definition) is 2. The van der Waals surface area contributed by atoms with Gasteiger partial charge < -0.3 is 14.9 Å². The molecular formula is C17H12Cl3N3O3. The minimum absolute atomic E-state index is 0.0475. The van der Waals surface area contributed by atoms with E-state index in [-0.39, 0.29) is 27.5 Å². The zero-order chi connectivity index (χ0) is 18.7. The van der Waals surface area contributed by atoms with Crippen LogP contribution in [0.2, 0.25) is 15.1 Å². The second-order valence-corrected chi connectivity index (χ2v) is 6.59. The number of phenols is 1. The zero-order valence-corrected chi connectivity index (χ0v) is 15.4. The summed E-state index contributed by atoms with van der Waals surface area (Å²) in [6.07, 6.45) is 0.632. The molecule has 0 fully saturated rings. The summed E-state index contributed by atoms with van der Waals surface area (Å²) in [6.45, 7) is 0.398. The zero-order valence-electron chi connectivity index (χ0n) is 13.2. The van der Waals surface area contributed by atoms with Crippen LogP contribution in [0.15, 0.2) is 40.9 Å². The molecule has 0 radical (unpaired) electrons. The largest absolute Gasteiger partial charge is 0.505 e. The van der Waals surface area contributed by atoms with Gasteiger partial charge >= 0.3 is 11.8 Å². The summed E-state index contributed by atoms with van der Waals surface area (Å²) in [7, 11) is 0. The molecule has 1 aromatic heterocycles. The highest BCUT2D eigenvalue weighted by molar-refractivity contribution is 6.37. The lowest BCUT2D eigenvalue weighted by molar-refractivity contribution is 0.0910. The minimum atomic E-state index is -0.492. The van der Waals surface area contributed by atoms with Gasteiger partial charge in [0, 0.05) is 17.1 Å². The van der Waals surface area contributed by atoms with Crippen LogP contribution in [0, 0.1) is 0 Å². The van der Waals surface area contributed by atoms with Crippen molar-refractivity contribution in [3.05, 3.63) is 62.9 Å². The Hall–Kier alpha value is -2.28. The highest BCUT2D eigenvalue weighted by atomic mass is 35.5. The number of carbonyl (C=O) groups is 1. The van der Waals surface area contributed by atoms with E-state index in [1.54, 1.807) is 12.1 Å². The molecule has 6 nitrogen and oxygen atoms in total. The van der Waals surface area contributed by atoms with Gasteiger partial charge in [-0.1, -0.05) is 52.1 Å². The molecule has 0 aliphatic carbocycles. The summed E-state index contributed by atoms with van der Waals surface area (Å²) in [5.74, 6) is -0.775. The van der Waals surface area contributed by atoms with E-state index in [1.807, 2.05) is 12.1 Å². The van der Waals surface area contributed by atoms with Crippen LogP contribution in [0.5, 0.6) is 5.75 Å². The van der Waals surface area contributed by atoms with E-state index in [9.17, 15) is 9.90 Å². The lowest BCUT2D eigenvalue weighted by Gasteiger charge is -2.03. The van der Waals surface area contributed by atoms with Crippen LogP contribution >= 0.6 is 34.8 Å². The lowest BCUT2D eigenvalue weighted by atomic mass is 10.1. The fourth-order valence-corrected chi connectivity index (χ4v) is 2.79. The van der Waals surface area contributed by atoms with Gasteiger partial charge in [-0.05, 0) is 36.2 Å². The van der Waals surface area contributed by atoms with E-state index in [1.165, 1.54) is 12.1 Å². The molecule has 134 valence electrons. The van der Waals surface area contributed by atoms with Crippen LogP contribution in [-0.4, -0.2) is 27.7 Å². The molecule has 0 saturated heterocycles. The molecule has 9 heteroatoms. The summed E-state index contributed by atoms with van der Waals surface area (Å²) >= 11 is 17.6. The third-order valence-corrected chi connectivity index (χ3v) is 4.34. The Morgan fingerprint density at radius 1 is 1.12 bits per heavy atom. The number of amides is 1. The number of aromatic hydroxyl groups is 1. The van der Waals surface area contributed by atoms with Crippen molar-refractivity contribution in [1.29, 1.82) is 0 Å². The Labute approximate surface area is 163 Å². The first-order valence-corrected chi connectivity index (χ1v) is 8.62. The molecule has 2 aromatic carbocycles. The minimum Gasteiger partial charge on any atom is -0.505 e. The number of halogens is 3. The molecular weight excluding hydrogens is 401 g/mol. The van der Waals surface area contributed by atoms with Crippen LogP contribution < -0.4 is 5.32 Å². The molecule has 3 aromatic rings. The van der Waals surface area contributed by atoms with E-state index in [2.05, 4.69) is 15.5 Å². The van der Waals surface area contributed by atoms with Gasteiger partial charge in [-0.15, -0.1) is 0 Å². The normalized spacial score (nSPS) is 10.7. The number of benzene rings is 2. The second-order valence-electron chi connectivity index (χ2n) is 5.34. The number of hydrogen-bond acceptors (Lipinski definition) is 5. The van der Waals surface area contributed by atoms with Gasteiger partial charge in [0.15, 0.2) is 5.75 Å². The van der Waals surface area contributed by atoms with E-state index >= 15 is 0 Å². The Morgan fingerprint density at radius 3 is 2.42 bits per heavy atom. The van der Waals surface area contributed by atoms with Gasteiger partial charge in [0.2, 0.25) is 5.82 Å². The van der Waals surface area contributed by atoms with Crippen LogP contribution in [0.1, 0.15) is 16.2 Å². The van der Waals surface area contributed by atoms with E-state index in [0.717, 1.165) is 5.56 Å². The van der Waals surface area contributed by atoms with E-state index in [4.69, 9.17) is 39.3 Å². The summed E-state index contributed by atoms with van der Waals surface area (Å²) in [5, 5.41) is 16.8.